The Morgan fingerprint density at radius 2 is 2.20 bits per heavy atom. The van der Waals surface area contributed by atoms with Gasteiger partial charge in [0.2, 0.25) is 0 Å². The van der Waals surface area contributed by atoms with Crippen LogP contribution in [0, 0.1) is 0 Å². The molecule has 15 heavy (non-hydrogen) atoms. The molecule has 82 valence electrons. The van der Waals surface area contributed by atoms with E-state index in [4.69, 9.17) is 5.73 Å². The van der Waals surface area contributed by atoms with Crippen LogP contribution in [0.1, 0.15) is 17.3 Å². The van der Waals surface area contributed by atoms with E-state index in [1.54, 1.807) is 6.92 Å². The molecule has 1 aromatic rings. The number of carbonyl (C=O) groups is 1. The first-order chi connectivity index (χ1) is 7.06. The van der Waals surface area contributed by atoms with E-state index in [-0.39, 0.29) is 17.4 Å². The van der Waals surface area contributed by atoms with Crippen molar-refractivity contribution >= 4 is 5.91 Å². The number of hydrogen-bond acceptors (Lipinski definition) is 4. The third-order valence-corrected chi connectivity index (χ3v) is 1.99. The molecule has 0 spiro atoms. The average molecular weight is 210 g/mol. The maximum Gasteiger partial charge on any atom is 0.255 e. The third-order valence-electron chi connectivity index (χ3n) is 1.99. The monoisotopic (exact) mass is 210 g/mol. The van der Waals surface area contributed by atoms with Crippen molar-refractivity contribution in [2.45, 2.75) is 13.0 Å². The first-order valence-corrected chi connectivity index (χ1v) is 4.58. The summed E-state index contributed by atoms with van der Waals surface area (Å²) in [4.78, 5) is 11.5. The van der Waals surface area contributed by atoms with Crippen LogP contribution in [-0.2, 0) is 0 Å². The fourth-order valence-electron chi connectivity index (χ4n) is 1.08. The van der Waals surface area contributed by atoms with Crippen molar-refractivity contribution in [1.29, 1.82) is 0 Å². The molecular formula is C10H14N2O3. The summed E-state index contributed by atoms with van der Waals surface area (Å²) in [5.41, 5.74) is 5.38. The molecule has 0 fully saturated rings. The Morgan fingerprint density at radius 1 is 1.53 bits per heavy atom. The van der Waals surface area contributed by atoms with Crippen LogP contribution in [0.2, 0.25) is 0 Å². The van der Waals surface area contributed by atoms with Crippen molar-refractivity contribution in [1.82, 2.24) is 5.32 Å². The van der Waals surface area contributed by atoms with Gasteiger partial charge in [-0.1, -0.05) is 6.07 Å². The van der Waals surface area contributed by atoms with Crippen molar-refractivity contribution in [3.8, 4) is 11.5 Å². The fourth-order valence-corrected chi connectivity index (χ4v) is 1.08. The number of aromatic hydroxyl groups is 2. The normalized spacial score (nSPS) is 12.1. The summed E-state index contributed by atoms with van der Waals surface area (Å²) in [6, 6.07) is 4.03. The SMILES string of the molecule is C[C@H](CN)NC(=O)c1cccc(O)c1O. The summed E-state index contributed by atoms with van der Waals surface area (Å²) < 4.78 is 0. The molecule has 0 radical (unpaired) electrons. The summed E-state index contributed by atoms with van der Waals surface area (Å²) in [6.45, 7) is 2.06. The maximum absolute atomic E-state index is 11.5. The molecule has 1 atom stereocenters. The Kier molecular flexibility index (Phi) is 3.51. The molecule has 0 heterocycles. The van der Waals surface area contributed by atoms with Crippen molar-refractivity contribution < 1.29 is 15.0 Å². The summed E-state index contributed by atoms with van der Waals surface area (Å²) in [5, 5.41) is 21.2. The van der Waals surface area contributed by atoms with E-state index in [1.165, 1.54) is 18.2 Å². The number of para-hydroxylation sites is 1. The molecular weight excluding hydrogens is 196 g/mol. The highest BCUT2D eigenvalue weighted by Gasteiger charge is 2.14. The van der Waals surface area contributed by atoms with E-state index in [0.29, 0.717) is 6.54 Å². The molecule has 0 saturated carbocycles. The average Bonchev–Trinajstić information content (AvgIpc) is 2.21. The predicted octanol–water partition coefficient (Wildman–Crippen LogP) is 0.175. The zero-order valence-electron chi connectivity index (χ0n) is 8.40. The second-order valence-electron chi connectivity index (χ2n) is 3.28. The second kappa shape index (κ2) is 4.65. The highest BCUT2D eigenvalue weighted by Crippen LogP contribution is 2.27. The van der Waals surface area contributed by atoms with Crippen molar-refractivity contribution in [2.24, 2.45) is 5.73 Å². The van der Waals surface area contributed by atoms with Crippen LogP contribution in [0.25, 0.3) is 0 Å². The topological polar surface area (TPSA) is 95.6 Å². The molecule has 5 N–H and O–H groups in total. The standard InChI is InChI=1S/C10H14N2O3/c1-6(5-11)12-10(15)7-3-2-4-8(13)9(7)14/h2-4,6,13-14H,5,11H2,1H3,(H,12,15)/t6-/m1/s1. The van der Waals surface area contributed by atoms with Crippen LogP contribution in [0.5, 0.6) is 11.5 Å². The molecule has 0 aliphatic carbocycles. The number of phenolic OH excluding ortho intramolecular Hbond substituents is 2. The lowest BCUT2D eigenvalue weighted by Crippen LogP contribution is -2.37. The Hall–Kier alpha value is -1.75. The quantitative estimate of drug-likeness (QED) is 0.535. The van der Waals surface area contributed by atoms with Crippen LogP contribution in [0.15, 0.2) is 18.2 Å². The predicted molar refractivity (Wildman–Crippen MR) is 55.8 cm³/mol. The Balaban J connectivity index is 2.87. The lowest BCUT2D eigenvalue weighted by atomic mass is 10.1. The molecule has 0 aromatic heterocycles. The van der Waals surface area contributed by atoms with Gasteiger partial charge in [0.25, 0.3) is 5.91 Å². The molecule has 0 aliphatic rings. The number of hydrogen-bond donors (Lipinski definition) is 4. The van der Waals surface area contributed by atoms with Crippen LogP contribution >= 0.6 is 0 Å². The number of phenols is 2. The highest BCUT2D eigenvalue weighted by molar-refractivity contribution is 5.97. The van der Waals surface area contributed by atoms with E-state index in [2.05, 4.69) is 5.32 Å². The van der Waals surface area contributed by atoms with Crippen molar-refractivity contribution in [3.05, 3.63) is 23.8 Å². The van der Waals surface area contributed by atoms with Crippen LogP contribution in [-0.4, -0.2) is 28.7 Å². The van der Waals surface area contributed by atoms with Crippen LogP contribution in [0.3, 0.4) is 0 Å². The lowest BCUT2D eigenvalue weighted by molar-refractivity contribution is 0.0938. The Morgan fingerprint density at radius 3 is 2.80 bits per heavy atom. The van der Waals surface area contributed by atoms with Crippen LogP contribution in [0.4, 0.5) is 0 Å². The van der Waals surface area contributed by atoms with Gasteiger partial charge in [0, 0.05) is 12.6 Å². The molecule has 1 amide bonds. The first kappa shape index (κ1) is 11.3. The number of nitrogens with one attached hydrogen (secondary N) is 1. The van der Waals surface area contributed by atoms with E-state index >= 15 is 0 Å². The smallest absolute Gasteiger partial charge is 0.255 e. The molecule has 0 saturated heterocycles. The van der Waals surface area contributed by atoms with Gasteiger partial charge in [-0.3, -0.25) is 4.79 Å². The van der Waals surface area contributed by atoms with Gasteiger partial charge in [0.15, 0.2) is 11.5 Å². The molecule has 1 aromatic carbocycles. The van der Waals surface area contributed by atoms with Gasteiger partial charge >= 0.3 is 0 Å². The third kappa shape index (κ3) is 2.60. The minimum absolute atomic E-state index is 0.0373. The van der Waals surface area contributed by atoms with Gasteiger partial charge in [0.1, 0.15) is 0 Å². The first-order valence-electron chi connectivity index (χ1n) is 4.58. The summed E-state index contributed by atoms with van der Waals surface area (Å²) in [6.07, 6.45) is 0. The molecule has 0 aliphatic heterocycles. The highest BCUT2D eigenvalue weighted by atomic mass is 16.3. The number of carbonyl (C=O) groups excluding carboxylic acids is 1. The maximum atomic E-state index is 11.5. The van der Waals surface area contributed by atoms with E-state index in [1.807, 2.05) is 0 Å². The summed E-state index contributed by atoms with van der Waals surface area (Å²) in [5.74, 6) is -1.19. The molecule has 0 unspecified atom stereocenters. The van der Waals surface area contributed by atoms with E-state index in [0.717, 1.165) is 0 Å². The number of nitrogens with two attached hydrogens (primary N) is 1. The molecule has 5 heteroatoms. The van der Waals surface area contributed by atoms with E-state index < -0.39 is 11.7 Å². The van der Waals surface area contributed by atoms with Gasteiger partial charge in [-0.15, -0.1) is 0 Å². The molecule has 1 rings (SSSR count). The number of benzene rings is 1. The summed E-state index contributed by atoms with van der Waals surface area (Å²) in [7, 11) is 0. The minimum atomic E-state index is -0.457. The largest absolute Gasteiger partial charge is 0.504 e. The van der Waals surface area contributed by atoms with Gasteiger partial charge in [-0.2, -0.15) is 0 Å². The number of rotatable bonds is 3. The zero-order chi connectivity index (χ0) is 11.4. The number of amides is 1. The lowest BCUT2D eigenvalue weighted by Gasteiger charge is -2.12. The summed E-state index contributed by atoms with van der Waals surface area (Å²) >= 11 is 0. The van der Waals surface area contributed by atoms with Crippen LogP contribution < -0.4 is 11.1 Å². The molecule has 5 nitrogen and oxygen atoms in total. The Labute approximate surface area is 87.5 Å². The molecule has 0 bridgehead atoms. The fraction of sp³-hybridized carbons (Fsp3) is 0.300. The minimum Gasteiger partial charge on any atom is -0.504 e. The second-order valence-corrected chi connectivity index (χ2v) is 3.28. The van der Waals surface area contributed by atoms with Gasteiger partial charge in [0.05, 0.1) is 5.56 Å². The van der Waals surface area contributed by atoms with Crippen molar-refractivity contribution in [3.63, 3.8) is 0 Å². The van der Waals surface area contributed by atoms with Gasteiger partial charge in [-0.05, 0) is 19.1 Å². The zero-order valence-corrected chi connectivity index (χ0v) is 8.40. The van der Waals surface area contributed by atoms with Gasteiger partial charge < -0.3 is 21.3 Å². The Bertz CT molecular complexity index is 366. The van der Waals surface area contributed by atoms with Gasteiger partial charge in [-0.25, -0.2) is 0 Å². The van der Waals surface area contributed by atoms with E-state index in [9.17, 15) is 15.0 Å². The van der Waals surface area contributed by atoms with Crippen molar-refractivity contribution in [2.75, 3.05) is 6.54 Å².